The lowest BCUT2D eigenvalue weighted by Gasteiger charge is -2.35. The molecule has 11 heteroatoms. The van der Waals surface area contributed by atoms with Crippen molar-refractivity contribution >= 4 is 63.2 Å². The van der Waals surface area contributed by atoms with Gasteiger partial charge in [-0.05, 0) is 36.6 Å². The third kappa shape index (κ3) is 4.33. The monoisotopic (exact) mass is 505 g/mol. The Morgan fingerprint density at radius 3 is 2.62 bits per heavy atom. The molecule has 1 aromatic heterocycles. The molecule has 2 heterocycles. The van der Waals surface area contributed by atoms with Gasteiger partial charge < -0.3 is 20.5 Å². The average Bonchev–Trinajstić information content (AvgIpc) is 3.04. The van der Waals surface area contributed by atoms with E-state index in [4.69, 9.17) is 40.5 Å². The first-order valence-electron chi connectivity index (χ1n) is 10.0. The molecule has 0 spiro atoms. The van der Waals surface area contributed by atoms with Gasteiger partial charge >= 0.3 is 6.18 Å². The van der Waals surface area contributed by atoms with Crippen LogP contribution in [0.15, 0.2) is 24.3 Å². The normalized spacial score (nSPS) is 17.2. The first kappa shape index (κ1) is 23.3. The minimum absolute atomic E-state index is 0.116. The van der Waals surface area contributed by atoms with Crippen molar-refractivity contribution in [3.05, 3.63) is 44.9 Å². The summed E-state index contributed by atoms with van der Waals surface area (Å²) >= 11 is 19.2. The third-order valence-electron chi connectivity index (χ3n) is 5.80. The van der Waals surface area contributed by atoms with Crippen molar-refractivity contribution in [3.63, 3.8) is 0 Å². The molecular weight excluding hydrogens is 486 g/mol. The number of nitrogens with one attached hydrogen (secondary N) is 1. The molecule has 32 heavy (non-hydrogen) atoms. The first-order chi connectivity index (χ1) is 15.1. The molecule has 0 bridgehead atoms. The van der Waals surface area contributed by atoms with Crippen LogP contribution in [-0.2, 0) is 13.6 Å². The van der Waals surface area contributed by atoms with Crippen LogP contribution in [-0.4, -0.2) is 28.8 Å². The van der Waals surface area contributed by atoms with Crippen molar-refractivity contribution in [1.29, 1.82) is 0 Å². The molecule has 0 radical (unpaired) electrons. The topological polar surface area (TPSA) is 59.1 Å². The fourth-order valence-electron chi connectivity index (χ4n) is 4.00. The Morgan fingerprint density at radius 1 is 1.19 bits per heavy atom. The van der Waals surface area contributed by atoms with Crippen molar-refractivity contribution in [2.45, 2.75) is 25.6 Å². The highest BCUT2D eigenvalue weighted by atomic mass is 35.5. The van der Waals surface area contributed by atoms with Gasteiger partial charge in [-0.2, -0.15) is 13.2 Å². The molecule has 0 amide bonds. The summed E-state index contributed by atoms with van der Waals surface area (Å²) in [6.45, 7) is 0.646. The Bertz CT molecular complexity index is 1160. The summed E-state index contributed by atoms with van der Waals surface area (Å²) in [7, 11) is 1.79. The molecule has 1 saturated heterocycles. The second-order valence-corrected chi connectivity index (χ2v) is 9.03. The maximum Gasteiger partial charge on any atom is 0.393 e. The molecule has 172 valence electrons. The molecule has 1 atom stereocenters. The summed E-state index contributed by atoms with van der Waals surface area (Å²) in [6.07, 6.45) is -3.65. The van der Waals surface area contributed by atoms with E-state index in [0.29, 0.717) is 56.4 Å². The number of alkyl halides is 3. The van der Waals surface area contributed by atoms with Gasteiger partial charge in [-0.1, -0.05) is 40.9 Å². The van der Waals surface area contributed by atoms with E-state index < -0.39 is 12.1 Å². The SMILES string of the molecule is Cn1c(Nc2c(Cl)ccc(CN)c2Cl)nc2cc(Cl)c(N3CCCC(C(F)(F)F)C3)cc21. The van der Waals surface area contributed by atoms with Gasteiger partial charge in [0.15, 0.2) is 0 Å². The van der Waals surface area contributed by atoms with E-state index in [1.807, 2.05) is 0 Å². The van der Waals surface area contributed by atoms with E-state index in [1.54, 1.807) is 40.8 Å². The largest absolute Gasteiger partial charge is 0.393 e. The number of aromatic nitrogens is 2. The van der Waals surface area contributed by atoms with Gasteiger partial charge in [0.2, 0.25) is 5.95 Å². The van der Waals surface area contributed by atoms with Gasteiger partial charge in [0.25, 0.3) is 0 Å². The highest BCUT2D eigenvalue weighted by Crippen LogP contribution is 2.40. The summed E-state index contributed by atoms with van der Waals surface area (Å²) in [5.74, 6) is -0.913. The summed E-state index contributed by atoms with van der Waals surface area (Å²) in [5.41, 5.74) is 8.80. The van der Waals surface area contributed by atoms with Crippen LogP contribution >= 0.6 is 34.8 Å². The Hall–Kier alpha value is -1.87. The van der Waals surface area contributed by atoms with Crippen LogP contribution in [0.5, 0.6) is 0 Å². The number of aryl methyl sites for hydroxylation is 1. The van der Waals surface area contributed by atoms with E-state index in [1.165, 1.54) is 0 Å². The van der Waals surface area contributed by atoms with Crippen LogP contribution < -0.4 is 16.0 Å². The quantitative estimate of drug-likeness (QED) is 0.423. The summed E-state index contributed by atoms with van der Waals surface area (Å²) in [4.78, 5) is 6.26. The lowest BCUT2D eigenvalue weighted by atomic mass is 9.97. The average molecular weight is 507 g/mol. The smallest absolute Gasteiger partial charge is 0.370 e. The second-order valence-electron chi connectivity index (χ2n) is 7.84. The number of halogens is 6. The summed E-state index contributed by atoms with van der Waals surface area (Å²) in [5, 5.41) is 4.31. The number of nitrogens with zero attached hydrogens (tertiary/aromatic N) is 3. The Balaban J connectivity index is 1.70. The van der Waals surface area contributed by atoms with E-state index in [0.717, 1.165) is 5.56 Å². The van der Waals surface area contributed by atoms with Crippen molar-refractivity contribution in [2.75, 3.05) is 23.3 Å². The van der Waals surface area contributed by atoms with E-state index in [2.05, 4.69) is 10.3 Å². The molecule has 0 aliphatic carbocycles. The molecule has 1 unspecified atom stereocenters. The Labute approximate surface area is 198 Å². The zero-order valence-electron chi connectivity index (χ0n) is 17.1. The fourth-order valence-corrected chi connectivity index (χ4v) is 4.82. The lowest BCUT2D eigenvalue weighted by Crippen LogP contribution is -2.41. The maximum absolute atomic E-state index is 13.3. The van der Waals surface area contributed by atoms with Crippen molar-refractivity contribution in [2.24, 2.45) is 18.7 Å². The lowest BCUT2D eigenvalue weighted by molar-refractivity contribution is -0.175. The Kier molecular flexibility index (Phi) is 6.42. The minimum Gasteiger partial charge on any atom is -0.370 e. The van der Waals surface area contributed by atoms with Gasteiger partial charge in [-0.25, -0.2) is 4.98 Å². The van der Waals surface area contributed by atoms with Gasteiger partial charge in [-0.3, -0.25) is 0 Å². The van der Waals surface area contributed by atoms with Gasteiger partial charge in [0.1, 0.15) is 0 Å². The molecule has 4 rings (SSSR count). The molecule has 1 aliphatic heterocycles. The van der Waals surface area contributed by atoms with Crippen LogP contribution in [0.4, 0.5) is 30.5 Å². The van der Waals surface area contributed by atoms with Crippen LogP contribution in [0.1, 0.15) is 18.4 Å². The van der Waals surface area contributed by atoms with Crippen molar-refractivity contribution in [1.82, 2.24) is 9.55 Å². The number of nitrogens with two attached hydrogens (primary N) is 1. The highest BCUT2D eigenvalue weighted by molar-refractivity contribution is 6.39. The molecular formula is C21H21Cl3F3N5. The number of rotatable bonds is 4. The maximum atomic E-state index is 13.3. The molecule has 0 saturated carbocycles. The minimum atomic E-state index is -4.23. The van der Waals surface area contributed by atoms with E-state index >= 15 is 0 Å². The van der Waals surface area contributed by atoms with E-state index in [9.17, 15) is 13.2 Å². The predicted molar refractivity (Wildman–Crippen MR) is 124 cm³/mol. The predicted octanol–water partition coefficient (Wildman–Crippen LogP) is 6.51. The van der Waals surface area contributed by atoms with Gasteiger partial charge in [0, 0.05) is 26.7 Å². The molecule has 3 aromatic rings. The number of piperidine rings is 1. The third-order valence-corrected chi connectivity index (χ3v) is 6.85. The number of hydrogen-bond donors (Lipinski definition) is 2. The standard InChI is InChI=1S/C21H21Cl3F3N5/c1-31-17-8-16(32-6-2-3-12(10-32)21(25,26)27)14(23)7-15(17)29-20(31)30-19-13(22)5-4-11(9-28)18(19)24/h4-5,7-8,12H,2-3,6,9-10,28H2,1H3,(H,29,30). The number of benzene rings is 2. The summed E-state index contributed by atoms with van der Waals surface area (Å²) < 4.78 is 41.6. The number of fused-ring (bicyclic) bond motifs is 1. The van der Waals surface area contributed by atoms with Crippen molar-refractivity contribution in [3.8, 4) is 0 Å². The Morgan fingerprint density at radius 2 is 1.94 bits per heavy atom. The zero-order valence-corrected chi connectivity index (χ0v) is 19.4. The molecule has 2 aromatic carbocycles. The van der Waals surface area contributed by atoms with Crippen LogP contribution in [0, 0.1) is 5.92 Å². The number of anilines is 3. The summed E-state index contributed by atoms with van der Waals surface area (Å²) in [6, 6.07) is 6.88. The van der Waals surface area contributed by atoms with Crippen molar-refractivity contribution < 1.29 is 13.2 Å². The van der Waals surface area contributed by atoms with E-state index in [-0.39, 0.29) is 19.5 Å². The highest BCUT2D eigenvalue weighted by Gasteiger charge is 2.42. The zero-order chi connectivity index (χ0) is 23.2. The second kappa shape index (κ2) is 8.82. The van der Waals surface area contributed by atoms with Gasteiger partial charge in [-0.15, -0.1) is 0 Å². The molecule has 3 N–H and O–H groups in total. The molecule has 1 aliphatic rings. The fraction of sp³-hybridized carbons (Fsp3) is 0.381. The molecule has 1 fully saturated rings. The number of imidazole rings is 1. The van der Waals surface area contributed by atoms with Crippen LogP contribution in [0.3, 0.4) is 0 Å². The molecule has 5 nitrogen and oxygen atoms in total. The van der Waals surface area contributed by atoms with Crippen LogP contribution in [0.25, 0.3) is 11.0 Å². The number of hydrogen-bond acceptors (Lipinski definition) is 4. The van der Waals surface area contributed by atoms with Crippen LogP contribution in [0.2, 0.25) is 15.1 Å². The first-order valence-corrected chi connectivity index (χ1v) is 11.1. The van der Waals surface area contributed by atoms with Gasteiger partial charge in [0.05, 0.1) is 43.4 Å².